The van der Waals surface area contributed by atoms with Gasteiger partial charge in [0.15, 0.2) is 0 Å². The van der Waals surface area contributed by atoms with E-state index in [0.717, 1.165) is 6.54 Å². The molecule has 2 atom stereocenters. The number of nitrogens with one attached hydrogen (secondary N) is 1. The summed E-state index contributed by atoms with van der Waals surface area (Å²) in [6.45, 7) is 16.8. The molecule has 0 spiro atoms. The first-order valence-corrected chi connectivity index (χ1v) is 7.24. The van der Waals surface area contributed by atoms with E-state index in [1.165, 1.54) is 34.2 Å². The van der Waals surface area contributed by atoms with Crippen LogP contribution in [0.4, 0.5) is 0 Å². The fourth-order valence-electron chi connectivity index (χ4n) is 2.76. The van der Waals surface area contributed by atoms with Gasteiger partial charge in [0.2, 0.25) is 0 Å². The van der Waals surface area contributed by atoms with Crippen LogP contribution in [-0.4, -0.2) is 6.54 Å². The second-order valence-corrected chi connectivity index (χ2v) is 5.59. The topological polar surface area (TPSA) is 12.0 Å². The zero-order valence-corrected chi connectivity index (χ0v) is 13.1. The third-order valence-corrected chi connectivity index (χ3v) is 4.37. The summed E-state index contributed by atoms with van der Waals surface area (Å²) in [5.41, 5.74) is 7.29. The van der Waals surface area contributed by atoms with E-state index in [4.69, 9.17) is 0 Å². The fourth-order valence-corrected chi connectivity index (χ4v) is 2.76. The van der Waals surface area contributed by atoms with Crippen molar-refractivity contribution in [1.29, 1.82) is 0 Å². The Bertz CT molecular complexity index is 380. The van der Waals surface area contributed by atoms with Gasteiger partial charge in [-0.05, 0) is 68.0 Å². The van der Waals surface area contributed by atoms with Gasteiger partial charge in [-0.3, -0.25) is 0 Å². The summed E-state index contributed by atoms with van der Waals surface area (Å²) >= 11 is 0. The molecule has 102 valence electrons. The SMILES string of the molecule is CCNC(c1c(C)c(C)cc(C)c1C)C(C)CC. The molecule has 0 aliphatic carbocycles. The summed E-state index contributed by atoms with van der Waals surface area (Å²) < 4.78 is 0. The molecule has 0 bridgehead atoms. The molecular formula is C17H29N. The molecule has 1 aromatic rings. The van der Waals surface area contributed by atoms with Crippen LogP contribution >= 0.6 is 0 Å². The first-order valence-electron chi connectivity index (χ1n) is 7.24. The molecule has 1 aromatic carbocycles. The van der Waals surface area contributed by atoms with Crippen molar-refractivity contribution in [3.05, 3.63) is 33.9 Å². The van der Waals surface area contributed by atoms with Crippen LogP contribution < -0.4 is 5.32 Å². The lowest BCUT2D eigenvalue weighted by atomic mass is 9.84. The molecule has 0 radical (unpaired) electrons. The quantitative estimate of drug-likeness (QED) is 0.800. The average Bonchev–Trinajstić information content (AvgIpc) is 2.34. The van der Waals surface area contributed by atoms with Crippen LogP contribution in [0.2, 0.25) is 0 Å². The van der Waals surface area contributed by atoms with E-state index in [1.54, 1.807) is 0 Å². The highest BCUT2D eigenvalue weighted by atomic mass is 14.9. The normalized spacial score (nSPS) is 14.6. The summed E-state index contributed by atoms with van der Waals surface area (Å²) in [4.78, 5) is 0. The third kappa shape index (κ3) is 2.95. The fraction of sp³-hybridized carbons (Fsp3) is 0.647. The van der Waals surface area contributed by atoms with E-state index in [-0.39, 0.29) is 0 Å². The van der Waals surface area contributed by atoms with E-state index < -0.39 is 0 Å². The molecule has 0 aliphatic heterocycles. The van der Waals surface area contributed by atoms with Crippen LogP contribution in [0.1, 0.15) is 61.1 Å². The molecule has 0 aromatic heterocycles. The maximum absolute atomic E-state index is 3.69. The Morgan fingerprint density at radius 1 is 1.00 bits per heavy atom. The van der Waals surface area contributed by atoms with Crippen molar-refractivity contribution in [3.63, 3.8) is 0 Å². The molecular weight excluding hydrogens is 218 g/mol. The number of hydrogen-bond donors (Lipinski definition) is 1. The van der Waals surface area contributed by atoms with Gasteiger partial charge < -0.3 is 5.32 Å². The van der Waals surface area contributed by atoms with Crippen LogP contribution in [0.15, 0.2) is 6.07 Å². The molecule has 18 heavy (non-hydrogen) atoms. The van der Waals surface area contributed by atoms with Gasteiger partial charge in [-0.25, -0.2) is 0 Å². The molecule has 0 heterocycles. The Kier molecular flexibility index (Phi) is 5.40. The predicted molar refractivity (Wildman–Crippen MR) is 81.3 cm³/mol. The Balaban J connectivity index is 3.35. The molecule has 1 N–H and O–H groups in total. The summed E-state index contributed by atoms with van der Waals surface area (Å²) in [6, 6.07) is 2.80. The van der Waals surface area contributed by atoms with Crippen molar-refractivity contribution in [2.45, 2.75) is 60.9 Å². The highest BCUT2D eigenvalue weighted by Crippen LogP contribution is 2.32. The molecule has 0 amide bonds. The molecule has 1 rings (SSSR count). The highest BCUT2D eigenvalue weighted by molar-refractivity contribution is 5.46. The first kappa shape index (κ1) is 15.2. The minimum atomic E-state index is 0.485. The largest absolute Gasteiger partial charge is 0.310 e. The van der Waals surface area contributed by atoms with Gasteiger partial charge in [0.05, 0.1) is 0 Å². The maximum Gasteiger partial charge on any atom is 0.0351 e. The summed E-state index contributed by atoms with van der Waals surface area (Å²) in [5, 5.41) is 3.69. The molecule has 1 nitrogen and oxygen atoms in total. The minimum Gasteiger partial charge on any atom is -0.310 e. The Hall–Kier alpha value is -0.820. The summed E-state index contributed by atoms with van der Waals surface area (Å²) in [7, 11) is 0. The van der Waals surface area contributed by atoms with Crippen LogP contribution in [-0.2, 0) is 0 Å². The van der Waals surface area contributed by atoms with E-state index in [0.29, 0.717) is 12.0 Å². The summed E-state index contributed by atoms with van der Waals surface area (Å²) in [5.74, 6) is 0.670. The van der Waals surface area contributed by atoms with Crippen molar-refractivity contribution < 1.29 is 0 Å². The predicted octanol–water partition coefficient (Wildman–Crippen LogP) is 4.62. The molecule has 1 heteroatoms. The monoisotopic (exact) mass is 247 g/mol. The number of aryl methyl sites for hydroxylation is 2. The third-order valence-electron chi connectivity index (χ3n) is 4.37. The zero-order chi connectivity index (χ0) is 13.9. The molecule has 0 saturated heterocycles. The van der Waals surface area contributed by atoms with Crippen molar-refractivity contribution in [1.82, 2.24) is 5.32 Å². The van der Waals surface area contributed by atoms with Crippen LogP contribution in [0.5, 0.6) is 0 Å². The lowest BCUT2D eigenvalue weighted by Gasteiger charge is -2.29. The lowest BCUT2D eigenvalue weighted by Crippen LogP contribution is -2.28. The van der Waals surface area contributed by atoms with Crippen LogP contribution in [0.25, 0.3) is 0 Å². The van der Waals surface area contributed by atoms with E-state index in [9.17, 15) is 0 Å². The Morgan fingerprint density at radius 2 is 1.50 bits per heavy atom. The van der Waals surface area contributed by atoms with Gasteiger partial charge in [0.25, 0.3) is 0 Å². The van der Waals surface area contributed by atoms with Crippen molar-refractivity contribution in [2.75, 3.05) is 6.54 Å². The van der Waals surface area contributed by atoms with Gasteiger partial charge in [-0.2, -0.15) is 0 Å². The maximum atomic E-state index is 3.69. The second kappa shape index (κ2) is 6.38. The Morgan fingerprint density at radius 3 is 1.89 bits per heavy atom. The van der Waals surface area contributed by atoms with Crippen LogP contribution in [0.3, 0.4) is 0 Å². The number of hydrogen-bond acceptors (Lipinski definition) is 1. The minimum absolute atomic E-state index is 0.485. The van der Waals surface area contributed by atoms with Gasteiger partial charge in [0, 0.05) is 6.04 Å². The average molecular weight is 247 g/mol. The second-order valence-electron chi connectivity index (χ2n) is 5.59. The standard InChI is InChI=1S/C17H29N/c1-8-11(3)17(18-9-2)16-14(6)12(4)10-13(5)15(16)7/h10-11,17-18H,8-9H2,1-7H3. The van der Waals surface area contributed by atoms with E-state index in [2.05, 4.69) is 59.8 Å². The number of benzene rings is 1. The van der Waals surface area contributed by atoms with Gasteiger partial charge in [-0.15, -0.1) is 0 Å². The summed E-state index contributed by atoms with van der Waals surface area (Å²) in [6.07, 6.45) is 1.21. The molecule has 2 unspecified atom stereocenters. The van der Waals surface area contributed by atoms with Crippen molar-refractivity contribution >= 4 is 0 Å². The van der Waals surface area contributed by atoms with E-state index in [1.807, 2.05) is 0 Å². The smallest absolute Gasteiger partial charge is 0.0351 e. The number of rotatable bonds is 5. The zero-order valence-electron chi connectivity index (χ0n) is 13.1. The molecule has 0 fully saturated rings. The van der Waals surface area contributed by atoms with Gasteiger partial charge >= 0.3 is 0 Å². The molecule has 0 aliphatic rings. The van der Waals surface area contributed by atoms with Crippen LogP contribution in [0, 0.1) is 33.6 Å². The Labute approximate surface area is 113 Å². The van der Waals surface area contributed by atoms with Gasteiger partial charge in [0.1, 0.15) is 0 Å². The lowest BCUT2D eigenvalue weighted by molar-refractivity contribution is 0.381. The van der Waals surface area contributed by atoms with Gasteiger partial charge in [-0.1, -0.05) is 33.3 Å². The highest BCUT2D eigenvalue weighted by Gasteiger charge is 2.22. The van der Waals surface area contributed by atoms with E-state index >= 15 is 0 Å². The van der Waals surface area contributed by atoms with Crippen molar-refractivity contribution in [3.8, 4) is 0 Å². The first-order chi connectivity index (χ1) is 8.43. The van der Waals surface area contributed by atoms with Crippen molar-refractivity contribution in [2.24, 2.45) is 5.92 Å². The molecule has 0 saturated carbocycles.